The summed E-state index contributed by atoms with van der Waals surface area (Å²) < 4.78 is 23.8. The van der Waals surface area contributed by atoms with Crippen molar-refractivity contribution in [1.29, 1.82) is 0 Å². The van der Waals surface area contributed by atoms with E-state index in [0.29, 0.717) is 32.1 Å². The van der Waals surface area contributed by atoms with Crippen molar-refractivity contribution in [2.24, 2.45) is 0 Å². The summed E-state index contributed by atoms with van der Waals surface area (Å²) in [6.45, 7) is 23.8. The van der Waals surface area contributed by atoms with E-state index in [-0.39, 0.29) is 12.3 Å². The Hall–Kier alpha value is -1.36. The molecule has 3 rings (SSSR count). The van der Waals surface area contributed by atoms with E-state index in [1.54, 1.807) is 17.1 Å². The van der Waals surface area contributed by atoms with E-state index in [2.05, 4.69) is 85.1 Å². The van der Waals surface area contributed by atoms with E-state index in [1.165, 1.54) is 4.68 Å². The van der Waals surface area contributed by atoms with Crippen molar-refractivity contribution in [3.05, 3.63) is 33.5 Å². The van der Waals surface area contributed by atoms with Crippen LogP contribution in [0.15, 0.2) is 28.0 Å². The molecule has 0 aliphatic rings. The van der Waals surface area contributed by atoms with Gasteiger partial charge >= 0.3 is 0 Å². The normalized spacial score (nSPS) is 13.1. The molecule has 0 aromatic carbocycles. The van der Waals surface area contributed by atoms with Crippen LogP contribution in [0.1, 0.15) is 0 Å². The molecule has 224 valence electrons. The first-order valence-corrected chi connectivity index (χ1v) is 26.0. The lowest BCUT2D eigenvalue weighted by Crippen LogP contribution is -2.26. The van der Waals surface area contributed by atoms with Crippen LogP contribution in [0.25, 0.3) is 22.0 Å². The van der Waals surface area contributed by atoms with Gasteiger partial charge < -0.3 is 18.8 Å². The Labute approximate surface area is 250 Å². The zero-order chi connectivity index (χ0) is 29.7. The molecule has 0 aliphatic carbocycles. The topological polar surface area (TPSA) is 85.3 Å². The Morgan fingerprint density at radius 1 is 0.750 bits per heavy atom. The summed E-state index contributed by atoms with van der Waals surface area (Å²) in [7, 11) is -3.61. The maximum absolute atomic E-state index is 13.8. The highest BCUT2D eigenvalue weighted by atomic mass is 79.9. The number of halogens is 1. The highest BCUT2D eigenvalue weighted by molar-refractivity contribution is 9.10. The molecule has 0 bridgehead atoms. The molecular formula is C27H48BrN5O4Si3. The van der Waals surface area contributed by atoms with Crippen molar-refractivity contribution < 1.29 is 14.2 Å². The minimum atomic E-state index is -1.23. The molecule has 3 aromatic rings. The van der Waals surface area contributed by atoms with Gasteiger partial charge in [0.1, 0.15) is 20.2 Å². The van der Waals surface area contributed by atoms with E-state index in [1.807, 2.05) is 10.8 Å². The van der Waals surface area contributed by atoms with Crippen LogP contribution in [0.2, 0.25) is 77.1 Å². The fourth-order valence-electron chi connectivity index (χ4n) is 3.91. The summed E-state index contributed by atoms with van der Waals surface area (Å²) in [6, 6.07) is 3.20. The molecule has 9 nitrogen and oxygen atoms in total. The van der Waals surface area contributed by atoms with Gasteiger partial charge in [0, 0.05) is 61.4 Å². The molecule has 13 heteroatoms. The van der Waals surface area contributed by atoms with Gasteiger partial charge in [-0.05, 0) is 34.1 Å². The smallest absolute Gasteiger partial charge is 0.279 e. The number of hydrogen-bond donors (Lipinski definition) is 0. The van der Waals surface area contributed by atoms with Crippen molar-refractivity contribution in [1.82, 2.24) is 24.1 Å². The van der Waals surface area contributed by atoms with Crippen LogP contribution in [0.5, 0.6) is 0 Å². The quantitative estimate of drug-likeness (QED) is 0.124. The van der Waals surface area contributed by atoms with Gasteiger partial charge in [0.25, 0.3) is 5.56 Å². The van der Waals surface area contributed by atoms with Gasteiger partial charge in [-0.25, -0.2) is 9.36 Å². The summed E-state index contributed by atoms with van der Waals surface area (Å²) in [5.74, 6) is 0. The molecule has 0 fully saturated rings. The first-order chi connectivity index (χ1) is 18.6. The molecular weight excluding hydrogens is 622 g/mol. The minimum Gasteiger partial charge on any atom is -0.361 e. The summed E-state index contributed by atoms with van der Waals surface area (Å²) in [4.78, 5) is 13.8. The van der Waals surface area contributed by atoms with Gasteiger partial charge in [0.2, 0.25) is 0 Å². The molecule has 0 N–H and O–H groups in total. The van der Waals surface area contributed by atoms with E-state index < -0.39 is 24.2 Å². The monoisotopic (exact) mass is 669 g/mol. The van der Waals surface area contributed by atoms with Crippen LogP contribution in [0, 0.1) is 0 Å². The standard InChI is InChI=1S/C27H48BrN5O4Si3/c1-38(2,3)13-10-35-19-31-18-22(16-29-31)24-25-23(32(26(24)28)20-36-11-14-39(4,5)6)17-30-33(27(25)34)21-37-12-15-40(7,8)9/h16-18H,10-15,19-21H2,1-9H3. The molecule has 3 heterocycles. The number of nitrogens with zero attached hydrogens (tertiary/aromatic N) is 5. The largest absolute Gasteiger partial charge is 0.361 e. The first kappa shape index (κ1) is 33.1. The average Bonchev–Trinajstić information content (AvgIpc) is 3.39. The zero-order valence-corrected chi connectivity index (χ0v) is 30.4. The van der Waals surface area contributed by atoms with Crippen molar-refractivity contribution in [3.8, 4) is 11.1 Å². The Morgan fingerprint density at radius 2 is 1.27 bits per heavy atom. The van der Waals surface area contributed by atoms with Crippen LogP contribution in [-0.2, 0) is 34.4 Å². The maximum atomic E-state index is 13.8. The van der Waals surface area contributed by atoms with E-state index in [0.717, 1.165) is 46.0 Å². The summed E-state index contributed by atoms with van der Waals surface area (Å²) >= 11 is 3.79. The van der Waals surface area contributed by atoms with Gasteiger partial charge in [-0.2, -0.15) is 10.2 Å². The van der Waals surface area contributed by atoms with Crippen LogP contribution in [0.3, 0.4) is 0 Å². The Bertz CT molecular complexity index is 1320. The Balaban J connectivity index is 1.90. The summed E-state index contributed by atoms with van der Waals surface area (Å²) in [5.41, 5.74) is 2.14. The van der Waals surface area contributed by atoms with Crippen molar-refractivity contribution in [2.45, 2.75) is 97.2 Å². The number of hydrogen-bond acceptors (Lipinski definition) is 6. The van der Waals surface area contributed by atoms with Gasteiger partial charge in [0.15, 0.2) is 0 Å². The summed E-state index contributed by atoms with van der Waals surface area (Å²) in [5, 5.41) is 9.55. The van der Waals surface area contributed by atoms with Crippen LogP contribution in [-0.4, -0.2) is 68.2 Å². The molecule has 3 aromatic heterocycles. The lowest BCUT2D eigenvalue weighted by Gasteiger charge is -2.16. The average molecular weight is 671 g/mol. The fourth-order valence-corrected chi connectivity index (χ4v) is 6.90. The number of aromatic nitrogens is 5. The highest BCUT2D eigenvalue weighted by Crippen LogP contribution is 2.36. The van der Waals surface area contributed by atoms with Crippen molar-refractivity contribution in [3.63, 3.8) is 0 Å². The van der Waals surface area contributed by atoms with Crippen LogP contribution in [0.4, 0.5) is 0 Å². The van der Waals surface area contributed by atoms with Crippen LogP contribution >= 0.6 is 15.9 Å². The minimum absolute atomic E-state index is 0.123. The number of rotatable bonds is 16. The fraction of sp³-hybridized carbons (Fsp3) is 0.667. The van der Waals surface area contributed by atoms with E-state index in [4.69, 9.17) is 14.2 Å². The van der Waals surface area contributed by atoms with Crippen molar-refractivity contribution >= 4 is 51.1 Å². The molecule has 0 amide bonds. The van der Waals surface area contributed by atoms with Crippen LogP contribution < -0.4 is 5.56 Å². The molecule has 40 heavy (non-hydrogen) atoms. The zero-order valence-electron chi connectivity index (χ0n) is 25.8. The second kappa shape index (κ2) is 13.7. The Kier molecular flexibility index (Phi) is 11.4. The molecule has 0 saturated heterocycles. The molecule has 0 atom stereocenters. The number of ether oxygens (including phenoxy) is 3. The lowest BCUT2D eigenvalue weighted by molar-refractivity contribution is 0.0752. The van der Waals surface area contributed by atoms with Gasteiger partial charge in [0.05, 0.1) is 27.9 Å². The van der Waals surface area contributed by atoms with Crippen molar-refractivity contribution in [2.75, 3.05) is 19.8 Å². The third kappa shape index (κ3) is 9.88. The second-order valence-electron chi connectivity index (χ2n) is 14.1. The summed E-state index contributed by atoms with van der Waals surface area (Å²) in [6.07, 6.45) is 5.45. The molecule has 0 spiro atoms. The third-order valence-corrected chi connectivity index (χ3v) is 12.5. The third-order valence-electron chi connectivity index (χ3n) is 6.58. The molecule has 0 unspecified atom stereocenters. The van der Waals surface area contributed by atoms with E-state index >= 15 is 0 Å². The van der Waals surface area contributed by atoms with E-state index in [9.17, 15) is 4.79 Å². The molecule has 0 radical (unpaired) electrons. The lowest BCUT2D eigenvalue weighted by atomic mass is 10.1. The highest BCUT2D eigenvalue weighted by Gasteiger charge is 2.23. The molecule has 0 saturated carbocycles. The molecule has 0 aliphatic heterocycles. The first-order valence-electron chi connectivity index (χ1n) is 14.1. The predicted molar refractivity (Wildman–Crippen MR) is 175 cm³/mol. The SMILES string of the molecule is C[Si](C)(C)CCOCn1cc(-c2c(Br)n(COCC[Si](C)(C)C)c3cnn(COCC[Si](C)(C)C)c(=O)c23)cn1. The second-order valence-corrected chi connectivity index (χ2v) is 31.7. The Morgan fingerprint density at radius 3 is 1.82 bits per heavy atom. The van der Waals surface area contributed by atoms with Gasteiger partial charge in [-0.3, -0.25) is 4.79 Å². The van der Waals surface area contributed by atoms with Gasteiger partial charge in [-0.1, -0.05) is 58.9 Å². The predicted octanol–water partition coefficient (Wildman–Crippen LogP) is 6.76. The maximum Gasteiger partial charge on any atom is 0.279 e. The van der Waals surface area contributed by atoms with Gasteiger partial charge in [-0.15, -0.1) is 0 Å². The number of fused-ring (bicyclic) bond motifs is 1.